The van der Waals surface area contributed by atoms with E-state index >= 15 is 0 Å². The van der Waals surface area contributed by atoms with E-state index < -0.39 is 17.0 Å². The van der Waals surface area contributed by atoms with Gasteiger partial charge in [-0.15, -0.1) is 0 Å². The number of piperidine rings is 1. The normalized spacial score (nSPS) is 17.3. The van der Waals surface area contributed by atoms with E-state index in [4.69, 9.17) is 21.1 Å². The number of amides is 3. The lowest BCUT2D eigenvalue weighted by Gasteiger charge is -2.27. The van der Waals surface area contributed by atoms with Crippen LogP contribution < -0.4 is 9.47 Å². The lowest BCUT2D eigenvalue weighted by atomic mass is 10.1. The first-order valence-corrected chi connectivity index (χ1v) is 12.2. The zero-order valence-electron chi connectivity index (χ0n) is 18.8. The van der Waals surface area contributed by atoms with Crippen molar-refractivity contribution in [2.45, 2.75) is 26.2 Å². The van der Waals surface area contributed by atoms with Crippen LogP contribution in [-0.4, -0.2) is 63.1 Å². The molecule has 0 unspecified atom stereocenters. The van der Waals surface area contributed by atoms with E-state index in [2.05, 4.69) is 9.97 Å². The van der Waals surface area contributed by atoms with Crippen LogP contribution in [-0.2, 0) is 9.59 Å². The van der Waals surface area contributed by atoms with E-state index in [1.54, 1.807) is 24.0 Å². The second-order valence-electron chi connectivity index (χ2n) is 7.74. The van der Waals surface area contributed by atoms with E-state index in [-0.39, 0.29) is 40.0 Å². The predicted molar refractivity (Wildman–Crippen MR) is 128 cm³/mol. The van der Waals surface area contributed by atoms with E-state index in [0.29, 0.717) is 25.3 Å². The number of likely N-dealkylation sites (tertiary alicyclic amines) is 1. The molecule has 4 rings (SSSR count). The Labute approximate surface area is 210 Å². The van der Waals surface area contributed by atoms with Crippen LogP contribution in [0.4, 0.5) is 9.18 Å². The predicted octanol–water partition coefficient (Wildman–Crippen LogP) is 4.51. The molecule has 3 heterocycles. The van der Waals surface area contributed by atoms with Gasteiger partial charge in [-0.2, -0.15) is 9.37 Å². The average molecular weight is 521 g/mol. The molecule has 0 radical (unpaired) electrons. The molecule has 2 aliphatic rings. The fourth-order valence-electron chi connectivity index (χ4n) is 3.64. The van der Waals surface area contributed by atoms with E-state index in [1.165, 1.54) is 12.1 Å². The van der Waals surface area contributed by atoms with Gasteiger partial charge in [0.15, 0.2) is 11.5 Å². The number of ether oxygens (including phenoxy) is 2. The Morgan fingerprint density at radius 1 is 1.23 bits per heavy atom. The third kappa shape index (κ3) is 5.91. The SMILES string of the molecule is CCOc1cc(/C=C2/SC(=O)N(CC(=O)N3CCCCC3)C2=O)ccc1Oc1nc(Cl)ncc1F. The Balaban J connectivity index is 1.51. The molecular formula is C23H22ClFN4O5S. The highest BCUT2D eigenvalue weighted by Crippen LogP contribution is 2.36. The van der Waals surface area contributed by atoms with Crippen LogP contribution in [0.2, 0.25) is 5.28 Å². The molecule has 2 saturated heterocycles. The highest BCUT2D eigenvalue weighted by Gasteiger charge is 2.37. The Morgan fingerprint density at radius 3 is 2.74 bits per heavy atom. The summed E-state index contributed by atoms with van der Waals surface area (Å²) in [5.41, 5.74) is 0.551. The summed E-state index contributed by atoms with van der Waals surface area (Å²) in [5, 5.41) is -0.668. The number of hydrogen-bond donors (Lipinski definition) is 0. The minimum atomic E-state index is -0.798. The van der Waals surface area contributed by atoms with Crippen molar-refractivity contribution >= 4 is 46.5 Å². The lowest BCUT2D eigenvalue weighted by Crippen LogP contribution is -2.44. The summed E-state index contributed by atoms with van der Waals surface area (Å²) in [5.74, 6) is -1.47. The molecule has 2 aliphatic heterocycles. The number of carbonyl (C=O) groups is 3. The molecule has 2 fully saturated rings. The largest absolute Gasteiger partial charge is 0.490 e. The molecule has 0 N–H and O–H groups in total. The number of aromatic nitrogens is 2. The Hall–Kier alpha value is -3.18. The molecule has 12 heteroatoms. The zero-order chi connectivity index (χ0) is 24.9. The smallest absolute Gasteiger partial charge is 0.294 e. The van der Waals surface area contributed by atoms with Gasteiger partial charge >= 0.3 is 0 Å². The van der Waals surface area contributed by atoms with Crippen molar-refractivity contribution in [3.05, 3.63) is 46.0 Å². The summed E-state index contributed by atoms with van der Waals surface area (Å²) in [7, 11) is 0. The standard InChI is InChI=1S/C23H22ClFN4O5S/c1-2-33-17-10-14(6-7-16(17)34-20-15(25)12-26-22(24)27-20)11-18-21(31)29(23(32)35-18)13-19(30)28-8-4-3-5-9-28/h6-7,10-12H,2-5,8-9,13H2,1H3/b18-11+. The van der Waals surface area contributed by atoms with Crippen molar-refractivity contribution in [3.8, 4) is 17.4 Å². The van der Waals surface area contributed by atoms with Crippen molar-refractivity contribution in [1.29, 1.82) is 0 Å². The fourth-order valence-corrected chi connectivity index (χ4v) is 4.60. The van der Waals surface area contributed by atoms with Gasteiger partial charge in [0.05, 0.1) is 17.7 Å². The summed E-state index contributed by atoms with van der Waals surface area (Å²) < 4.78 is 25.1. The number of thioether (sulfide) groups is 1. The number of halogens is 2. The van der Waals surface area contributed by atoms with Crippen LogP contribution in [0.25, 0.3) is 6.08 Å². The minimum absolute atomic E-state index is 0.175. The van der Waals surface area contributed by atoms with Gasteiger partial charge in [-0.1, -0.05) is 6.07 Å². The molecule has 0 bridgehead atoms. The third-order valence-electron chi connectivity index (χ3n) is 5.33. The number of imide groups is 1. The number of rotatable bonds is 7. The van der Waals surface area contributed by atoms with Crippen LogP contribution in [0.5, 0.6) is 17.4 Å². The molecule has 9 nitrogen and oxygen atoms in total. The maximum Gasteiger partial charge on any atom is 0.294 e. The van der Waals surface area contributed by atoms with E-state index in [1.807, 2.05) is 0 Å². The number of nitrogens with zero attached hydrogens (tertiary/aromatic N) is 4. The van der Waals surface area contributed by atoms with Gasteiger partial charge in [-0.25, -0.2) is 4.98 Å². The van der Waals surface area contributed by atoms with Gasteiger partial charge in [0.2, 0.25) is 17.0 Å². The third-order valence-corrected chi connectivity index (χ3v) is 6.42. The van der Waals surface area contributed by atoms with Gasteiger partial charge in [0.25, 0.3) is 17.0 Å². The molecular weight excluding hydrogens is 499 g/mol. The minimum Gasteiger partial charge on any atom is -0.490 e. The number of hydrogen-bond acceptors (Lipinski definition) is 8. The zero-order valence-corrected chi connectivity index (χ0v) is 20.4. The first-order chi connectivity index (χ1) is 16.9. The van der Waals surface area contributed by atoms with Gasteiger partial charge in [0, 0.05) is 13.1 Å². The highest BCUT2D eigenvalue weighted by molar-refractivity contribution is 8.18. The molecule has 184 valence electrons. The van der Waals surface area contributed by atoms with Crippen LogP contribution in [0.1, 0.15) is 31.7 Å². The van der Waals surface area contributed by atoms with Gasteiger partial charge < -0.3 is 14.4 Å². The molecule has 0 atom stereocenters. The van der Waals surface area contributed by atoms with E-state index in [0.717, 1.165) is 42.1 Å². The first-order valence-electron chi connectivity index (χ1n) is 11.0. The van der Waals surface area contributed by atoms with Crippen molar-refractivity contribution < 1.29 is 28.2 Å². The summed E-state index contributed by atoms with van der Waals surface area (Å²) in [6.07, 6.45) is 5.35. The maximum absolute atomic E-state index is 14.0. The molecule has 3 amide bonds. The molecule has 35 heavy (non-hydrogen) atoms. The highest BCUT2D eigenvalue weighted by atomic mass is 35.5. The topological polar surface area (TPSA) is 102 Å². The van der Waals surface area contributed by atoms with Gasteiger partial charge in [0.1, 0.15) is 6.54 Å². The van der Waals surface area contributed by atoms with E-state index in [9.17, 15) is 18.8 Å². The van der Waals surface area contributed by atoms with Crippen molar-refractivity contribution in [2.75, 3.05) is 26.2 Å². The summed E-state index contributed by atoms with van der Waals surface area (Å²) in [6.45, 7) is 3.08. The molecule has 0 aliphatic carbocycles. The van der Waals surface area contributed by atoms with Gasteiger partial charge in [-0.05, 0) is 73.3 Å². The van der Waals surface area contributed by atoms with Crippen LogP contribution >= 0.6 is 23.4 Å². The fraction of sp³-hybridized carbons (Fsp3) is 0.348. The van der Waals surface area contributed by atoms with Crippen LogP contribution in [0, 0.1) is 5.82 Å². The summed E-state index contributed by atoms with van der Waals surface area (Å²) >= 11 is 6.49. The summed E-state index contributed by atoms with van der Waals surface area (Å²) in [6, 6.07) is 4.73. The molecule has 1 aromatic heterocycles. The number of benzene rings is 1. The molecule has 0 spiro atoms. The van der Waals surface area contributed by atoms with Crippen LogP contribution in [0.15, 0.2) is 29.3 Å². The average Bonchev–Trinajstić information content (AvgIpc) is 3.11. The second-order valence-corrected chi connectivity index (χ2v) is 9.07. The van der Waals surface area contributed by atoms with Crippen LogP contribution in [0.3, 0.4) is 0 Å². The van der Waals surface area contributed by atoms with Crippen molar-refractivity contribution in [3.63, 3.8) is 0 Å². The molecule has 1 aromatic carbocycles. The number of carbonyl (C=O) groups excluding carboxylic acids is 3. The van der Waals surface area contributed by atoms with Gasteiger partial charge in [-0.3, -0.25) is 19.3 Å². The quantitative estimate of drug-likeness (QED) is 0.388. The lowest BCUT2D eigenvalue weighted by molar-refractivity contribution is -0.136. The molecule has 2 aromatic rings. The Morgan fingerprint density at radius 2 is 2.00 bits per heavy atom. The molecule has 0 saturated carbocycles. The maximum atomic E-state index is 14.0. The second kappa shape index (κ2) is 11.0. The summed E-state index contributed by atoms with van der Waals surface area (Å²) in [4.78, 5) is 47.9. The van der Waals surface area contributed by atoms with Crippen molar-refractivity contribution in [1.82, 2.24) is 19.8 Å². The Kier molecular flexibility index (Phi) is 7.86. The van der Waals surface area contributed by atoms with Crippen molar-refractivity contribution in [2.24, 2.45) is 0 Å². The monoisotopic (exact) mass is 520 g/mol. The Bertz CT molecular complexity index is 1190. The first kappa shape index (κ1) is 24.9.